The summed E-state index contributed by atoms with van der Waals surface area (Å²) in [4.78, 5) is 14.8. The lowest BCUT2D eigenvalue weighted by Gasteiger charge is -2.02. The molecule has 1 heterocycles. The van der Waals surface area contributed by atoms with Crippen LogP contribution in [0.3, 0.4) is 0 Å². The van der Waals surface area contributed by atoms with Crippen molar-refractivity contribution in [1.29, 1.82) is 0 Å². The number of amides is 1. The van der Waals surface area contributed by atoms with E-state index in [1.165, 1.54) is 11.3 Å². The Balaban J connectivity index is 0.00000289. The Morgan fingerprint density at radius 1 is 1.44 bits per heavy atom. The number of hydrogen-bond donors (Lipinski definition) is 3. The molecule has 1 amide bonds. The zero-order valence-electron chi connectivity index (χ0n) is 9.28. The zero-order valence-corrected chi connectivity index (χ0v) is 12.4. The topological polar surface area (TPSA) is 93.5 Å². The molecule has 5 N–H and O–H groups in total. The Morgan fingerprint density at radius 3 is 2.61 bits per heavy atom. The molecule has 0 aliphatic heterocycles. The largest absolute Gasteiger partial charge is 0.370 e. The molecule has 0 atom stereocenters. The van der Waals surface area contributed by atoms with E-state index >= 15 is 0 Å². The SMILES string of the molecule is Cl.NC(N)=NCC(=O)NCCc1cc(Cl)sc1Cl. The molecule has 1 aromatic rings. The second-order valence-electron chi connectivity index (χ2n) is 3.19. The number of hydrogen-bond acceptors (Lipinski definition) is 3. The highest BCUT2D eigenvalue weighted by Gasteiger charge is 2.06. The molecule has 0 aromatic carbocycles. The van der Waals surface area contributed by atoms with E-state index in [0.717, 1.165) is 5.56 Å². The predicted molar refractivity (Wildman–Crippen MR) is 79.0 cm³/mol. The van der Waals surface area contributed by atoms with E-state index in [1.807, 2.05) is 0 Å². The van der Waals surface area contributed by atoms with Crippen LogP contribution in [0.1, 0.15) is 5.56 Å². The predicted octanol–water partition coefficient (Wildman–Crippen LogP) is 1.41. The Hall–Kier alpha value is -0.690. The Labute approximate surface area is 125 Å². The van der Waals surface area contributed by atoms with Crippen molar-refractivity contribution < 1.29 is 4.79 Å². The Morgan fingerprint density at radius 2 is 2.11 bits per heavy atom. The van der Waals surface area contributed by atoms with Gasteiger partial charge in [-0.05, 0) is 18.1 Å². The van der Waals surface area contributed by atoms with Crippen LogP contribution in [-0.4, -0.2) is 25.0 Å². The van der Waals surface area contributed by atoms with E-state index in [0.29, 0.717) is 21.6 Å². The quantitative estimate of drug-likeness (QED) is 0.562. The lowest BCUT2D eigenvalue weighted by Crippen LogP contribution is -2.30. The first-order valence-corrected chi connectivity index (χ1v) is 6.32. The lowest BCUT2D eigenvalue weighted by atomic mass is 10.2. The third kappa shape index (κ3) is 6.30. The van der Waals surface area contributed by atoms with Gasteiger partial charge in [0.2, 0.25) is 5.91 Å². The summed E-state index contributed by atoms with van der Waals surface area (Å²) >= 11 is 13.0. The maximum Gasteiger partial charge on any atom is 0.241 e. The van der Waals surface area contributed by atoms with Crippen LogP contribution in [0.15, 0.2) is 11.1 Å². The van der Waals surface area contributed by atoms with Gasteiger partial charge in [0.1, 0.15) is 6.54 Å². The van der Waals surface area contributed by atoms with Crippen molar-refractivity contribution in [1.82, 2.24) is 5.32 Å². The van der Waals surface area contributed by atoms with Crippen LogP contribution >= 0.6 is 46.9 Å². The number of aliphatic imine (C=N–C) groups is 1. The van der Waals surface area contributed by atoms with Crippen molar-refractivity contribution in [2.24, 2.45) is 16.5 Å². The fourth-order valence-corrected chi connectivity index (χ4v) is 2.64. The molecule has 0 fully saturated rings. The fourth-order valence-electron chi connectivity index (χ4n) is 1.10. The van der Waals surface area contributed by atoms with Crippen molar-refractivity contribution >= 4 is 58.8 Å². The molecule has 102 valence electrons. The van der Waals surface area contributed by atoms with Gasteiger partial charge in [-0.15, -0.1) is 23.7 Å². The van der Waals surface area contributed by atoms with Gasteiger partial charge in [-0.25, -0.2) is 4.99 Å². The maximum absolute atomic E-state index is 11.2. The van der Waals surface area contributed by atoms with Crippen LogP contribution in [0.4, 0.5) is 0 Å². The fraction of sp³-hybridized carbons (Fsp3) is 0.333. The zero-order chi connectivity index (χ0) is 12.8. The molecular weight excluding hydrogens is 319 g/mol. The maximum atomic E-state index is 11.2. The summed E-state index contributed by atoms with van der Waals surface area (Å²) in [6.07, 6.45) is 0.621. The first-order chi connectivity index (χ1) is 7.99. The summed E-state index contributed by atoms with van der Waals surface area (Å²) in [5.74, 6) is -0.344. The van der Waals surface area contributed by atoms with Gasteiger partial charge >= 0.3 is 0 Å². The molecule has 0 saturated heterocycles. The van der Waals surface area contributed by atoms with Crippen LogP contribution in [0.25, 0.3) is 0 Å². The van der Waals surface area contributed by atoms with Crippen LogP contribution in [0, 0.1) is 0 Å². The summed E-state index contributed by atoms with van der Waals surface area (Å²) in [7, 11) is 0. The molecule has 0 spiro atoms. The molecule has 5 nitrogen and oxygen atoms in total. The van der Waals surface area contributed by atoms with Gasteiger partial charge in [-0.3, -0.25) is 4.79 Å². The van der Waals surface area contributed by atoms with E-state index in [9.17, 15) is 4.79 Å². The monoisotopic (exact) mass is 330 g/mol. The van der Waals surface area contributed by atoms with E-state index in [4.69, 9.17) is 34.7 Å². The van der Waals surface area contributed by atoms with Gasteiger partial charge in [0.15, 0.2) is 5.96 Å². The number of rotatable bonds is 5. The molecule has 0 aliphatic rings. The standard InChI is InChI=1S/C9H12Cl2N4OS.ClH/c10-6-3-5(8(11)17-6)1-2-14-7(16)4-15-9(12)13;/h3H,1-2,4H2,(H,14,16)(H4,12,13,15);1H. The second kappa shape index (κ2) is 8.42. The first kappa shape index (κ1) is 17.3. The average molecular weight is 332 g/mol. The molecule has 18 heavy (non-hydrogen) atoms. The molecule has 0 unspecified atom stereocenters. The van der Waals surface area contributed by atoms with Crippen molar-refractivity contribution in [2.45, 2.75) is 6.42 Å². The summed E-state index contributed by atoms with van der Waals surface area (Å²) in [6, 6.07) is 1.79. The van der Waals surface area contributed by atoms with Gasteiger partial charge < -0.3 is 16.8 Å². The van der Waals surface area contributed by atoms with Gasteiger partial charge in [-0.2, -0.15) is 0 Å². The van der Waals surface area contributed by atoms with Crippen molar-refractivity contribution in [2.75, 3.05) is 13.1 Å². The number of guanidine groups is 1. The van der Waals surface area contributed by atoms with Crippen LogP contribution in [0.5, 0.6) is 0 Å². The number of nitrogens with zero attached hydrogens (tertiary/aromatic N) is 1. The molecule has 1 aromatic heterocycles. The van der Waals surface area contributed by atoms with Crippen molar-refractivity contribution in [3.8, 4) is 0 Å². The number of thiophene rings is 1. The van der Waals surface area contributed by atoms with Crippen molar-refractivity contribution in [3.05, 3.63) is 20.3 Å². The van der Waals surface area contributed by atoms with Crippen molar-refractivity contribution in [3.63, 3.8) is 0 Å². The van der Waals surface area contributed by atoms with Crippen LogP contribution in [-0.2, 0) is 11.2 Å². The highest BCUT2D eigenvalue weighted by atomic mass is 35.5. The number of nitrogens with one attached hydrogen (secondary N) is 1. The summed E-state index contributed by atoms with van der Waals surface area (Å²) in [6.45, 7) is 0.395. The van der Waals surface area contributed by atoms with Crippen LogP contribution in [0.2, 0.25) is 8.67 Å². The van der Waals surface area contributed by atoms with Gasteiger partial charge in [0.05, 0.1) is 8.67 Å². The lowest BCUT2D eigenvalue weighted by molar-refractivity contribution is -0.119. The molecule has 1 rings (SSSR count). The minimum absolute atomic E-state index is 0. The Bertz CT molecular complexity index is 431. The minimum atomic E-state index is -0.240. The molecule has 0 radical (unpaired) electrons. The Kier molecular flexibility index (Phi) is 8.10. The smallest absolute Gasteiger partial charge is 0.241 e. The highest BCUT2D eigenvalue weighted by molar-refractivity contribution is 7.20. The second-order valence-corrected chi connectivity index (χ2v) is 5.48. The average Bonchev–Trinajstić information content (AvgIpc) is 2.55. The highest BCUT2D eigenvalue weighted by Crippen LogP contribution is 2.31. The third-order valence-electron chi connectivity index (χ3n) is 1.85. The summed E-state index contributed by atoms with van der Waals surface area (Å²) < 4.78 is 1.28. The van der Waals surface area contributed by atoms with E-state index in [1.54, 1.807) is 6.07 Å². The van der Waals surface area contributed by atoms with E-state index in [2.05, 4.69) is 10.3 Å². The van der Waals surface area contributed by atoms with E-state index in [-0.39, 0.29) is 30.8 Å². The molecule has 0 saturated carbocycles. The molecule has 9 heteroatoms. The number of carbonyl (C=O) groups is 1. The van der Waals surface area contributed by atoms with Crippen LogP contribution < -0.4 is 16.8 Å². The summed E-state index contributed by atoms with van der Waals surface area (Å²) in [5, 5.41) is 2.67. The number of carbonyl (C=O) groups excluding carboxylic acids is 1. The number of halogens is 3. The first-order valence-electron chi connectivity index (χ1n) is 4.75. The molecular formula is C9H13Cl3N4OS. The molecule has 0 aliphatic carbocycles. The normalized spacial score (nSPS) is 9.44. The van der Waals surface area contributed by atoms with E-state index < -0.39 is 0 Å². The minimum Gasteiger partial charge on any atom is -0.370 e. The third-order valence-corrected chi connectivity index (χ3v) is 3.42. The van der Waals surface area contributed by atoms with Gasteiger partial charge in [-0.1, -0.05) is 23.2 Å². The summed E-state index contributed by atoms with van der Waals surface area (Å²) in [5.41, 5.74) is 11.1. The van der Waals surface area contributed by atoms with Gasteiger partial charge in [0, 0.05) is 6.54 Å². The van der Waals surface area contributed by atoms with Gasteiger partial charge in [0.25, 0.3) is 0 Å². The number of nitrogens with two attached hydrogens (primary N) is 2. The molecule has 0 bridgehead atoms.